The molecule has 0 spiro atoms. The van der Waals surface area contributed by atoms with Gasteiger partial charge in [0, 0.05) is 23.7 Å². The van der Waals surface area contributed by atoms with Crippen LogP contribution in [0.25, 0.3) is 0 Å². The molecule has 1 N–H and O–H groups in total. The van der Waals surface area contributed by atoms with Crippen LogP contribution in [0.15, 0.2) is 72.8 Å². The number of rotatable bonds is 7. The van der Waals surface area contributed by atoms with E-state index in [1.807, 2.05) is 41.3 Å². The number of hydrogen-bond acceptors (Lipinski definition) is 3. The molecular weight excluding hydrogens is 447 g/mol. The quantitative estimate of drug-likeness (QED) is 0.516. The smallest absolute Gasteiger partial charge is 0.251 e. The van der Waals surface area contributed by atoms with Gasteiger partial charge in [-0.3, -0.25) is 9.59 Å². The summed E-state index contributed by atoms with van der Waals surface area (Å²) in [6.45, 7) is 0.980. The van der Waals surface area contributed by atoms with Crippen molar-refractivity contribution in [3.05, 3.63) is 106 Å². The number of benzene rings is 3. The van der Waals surface area contributed by atoms with Gasteiger partial charge in [-0.2, -0.15) is 0 Å². The fraction of sp³-hybridized carbons (Fsp3) is 0.200. The van der Waals surface area contributed by atoms with Gasteiger partial charge in [0.1, 0.15) is 11.2 Å². The molecule has 4 rings (SSSR count). The zero-order valence-corrected chi connectivity index (χ0v) is 18.8. The molecule has 1 unspecified atom stereocenters. The van der Waals surface area contributed by atoms with E-state index in [9.17, 15) is 14.0 Å². The van der Waals surface area contributed by atoms with E-state index in [2.05, 4.69) is 5.32 Å². The minimum Gasteiger partial charge on any atom is -0.352 e. The zero-order valence-electron chi connectivity index (χ0n) is 17.3. The Labute approximate surface area is 195 Å². The minimum atomic E-state index is -0.272. The molecule has 164 valence electrons. The van der Waals surface area contributed by atoms with Crippen molar-refractivity contribution in [1.29, 1.82) is 0 Å². The first-order chi connectivity index (χ1) is 15.5. The normalized spacial score (nSPS) is 15.8. The number of halogens is 2. The van der Waals surface area contributed by atoms with Crippen LogP contribution < -0.4 is 5.32 Å². The Bertz CT molecular complexity index is 1090. The van der Waals surface area contributed by atoms with Gasteiger partial charge in [0.15, 0.2) is 0 Å². The molecule has 0 bridgehead atoms. The molecule has 32 heavy (non-hydrogen) atoms. The van der Waals surface area contributed by atoms with E-state index in [1.54, 1.807) is 36.0 Å². The van der Waals surface area contributed by atoms with Crippen molar-refractivity contribution in [3.8, 4) is 0 Å². The van der Waals surface area contributed by atoms with Crippen LogP contribution in [0.1, 0.15) is 32.4 Å². The highest BCUT2D eigenvalue weighted by Crippen LogP contribution is 2.39. The van der Waals surface area contributed by atoms with E-state index in [-0.39, 0.29) is 23.0 Å². The lowest BCUT2D eigenvalue weighted by Crippen LogP contribution is -2.28. The maximum atomic E-state index is 13.0. The SMILES string of the molecule is O=C(NCCc1ccc(F)cc1)c1ccc(C2SCC(=O)N2Cc2ccc(Cl)cc2)cc1. The molecule has 2 amide bonds. The van der Waals surface area contributed by atoms with Crippen LogP contribution in [0.3, 0.4) is 0 Å². The Morgan fingerprint density at radius 3 is 2.34 bits per heavy atom. The van der Waals surface area contributed by atoms with E-state index >= 15 is 0 Å². The summed E-state index contributed by atoms with van der Waals surface area (Å²) in [6, 6.07) is 21.1. The molecule has 3 aromatic carbocycles. The van der Waals surface area contributed by atoms with Crippen LogP contribution in [-0.2, 0) is 17.8 Å². The number of nitrogens with zero attached hydrogens (tertiary/aromatic N) is 1. The molecule has 0 saturated carbocycles. The summed E-state index contributed by atoms with van der Waals surface area (Å²) >= 11 is 7.54. The average molecular weight is 469 g/mol. The molecule has 1 heterocycles. The van der Waals surface area contributed by atoms with E-state index in [0.717, 1.165) is 16.7 Å². The third-order valence-corrected chi connectivity index (χ3v) is 6.81. The first kappa shape index (κ1) is 22.4. The molecule has 4 nitrogen and oxygen atoms in total. The van der Waals surface area contributed by atoms with E-state index in [0.29, 0.717) is 35.8 Å². The van der Waals surface area contributed by atoms with Crippen molar-refractivity contribution in [2.75, 3.05) is 12.3 Å². The monoisotopic (exact) mass is 468 g/mol. The van der Waals surface area contributed by atoms with Gasteiger partial charge in [0.2, 0.25) is 5.91 Å². The standard InChI is InChI=1S/C25H22ClFN2O2S/c26-21-9-1-18(2-10-21)15-29-23(30)16-32-25(29)20-7-5-19(6-8-20)24(31)28-14-13-17-3-11-22(27)12-4-17/h1-12,25H,13-16H2,(H,28,31). The largest absolute Gasteiger partial charge is 0.352 e. The summed E-state index contributed by atoms with van der Waals surface area (Å²) in [5.41, 5.74) is 3.53. The fourth-order valence-corrected chi connectivity index (χ4v) is 4.87. The summed E-state index contributed by atoms with van der Waals surface area (Å²) < 4.78 is 13.0. The molecule has 1 fully saturated rings. The van der Waals surface area contributed by atoms with Crippen LogP contribution in [0.4, 0.5) is 4.39 Å². The summed E-state index contributed by atoms with van der Waals surface area (Å²) in [7, 11) is 0. The maximum Gasteiger partial charge on any atom is 0.251 e. The average Bonchev–Trinajstić information content (AvgIpc) is 3.16. The lowest BCUT2D eigenvalue weighted by Gasteiger charge is -2.24. The van der Waals surface area contributed by atoms with Crippen molar-refractivity contribution in [2.45, 2.75) is 18.3 Å². The predicted molar refractivity (Wildman–Crippen MR) is 126 cm³/mol. The number of carbonyl (C=O) groups is 2. The van der Waals surface area contributed by atoms with Gasteiger partial charge < -0.3 is 10.2 Å². The Balaban J connectivity index is 1.36. The van der Waals surface area contributed by atoms with Crippen molar-refractivity contribution in [2.24, 2.45) is 0 Å². The first-order valence-electron chi connectivity index (χ1n) is 10.3. The van der Waals surface area contributed by atoms with Crippen molar-refractivity contribution < 1.29 is 14.0 Å². The van der Waals surface area contributed by atoms with Gasteiger partial charge in [-0.1, -0.05) is 48.0 Å². The number of carbonyl (C=O) groups excluding carboxylic acids is 2. The second kappa shape index (κ2) is 10.2. The summed E-state index contributed by atoms with van der Waals surface area (Å²) in [6.07, 6.45) is 0.630. The molecule has 1 aliphatic heterocycles. The highest BCUT2D eigenvalue weighted by Gasteiger charge is 2.32. The second-order valence-electron chi connectivity index (χ2n) is 7.57. The summed E-state index contributed by atoms with van der Waals surface area (Å²) in [4.78, 5) is 26.8. The number of hydrogen-bond donors (Lipinski definition) is 1. The van der Waals surface area contributed by atoms with Crippen LogP contribution in [0.2, 0.25) is 5.02 Å². The minimum absolute atomic E-state index is 0.0891. The maximum absolute atomic E-state index is 13.0. The molecular formula is C25H22ClFN2O2S. The highest BCUT2D eigenvalue weighted by molar-refractivity contribution is 8.00. The third-order valence-electron chi connectivity index (χ3n) is 5.30. The molecule has 0 aliphatic carbocycles. The fourth-order valence-electron chi connectivity index (χ4n) is 3.56. The molecule has 1 atom stereocenters. The van der Waals surface area contributed by atoms with Crippen LogP contribution in [0, 0.1) is 5.82 Å². The summed E-state index contributed by atoms with van der Waals surface area (Å²) in [5, 5.41) is 3.47. The van der Waals surface area contributed by atoms with Crippen LogP contribution in [-0.4, -0.2) is 29.0 Å². The highest BCUT2D eigenvalue weighted by atomic mass is 35.5. The van der Waals surface area contributed by atoms with Gasteiger partial charge in [0.05, 0.1) is 5.75 Å². The van der Waals surface area contributed by atoms with Crippen LogP contribution >= 0.6 is 23.4 Å². The predicted octanol–water partition coefficient (Wildman–Crippen LogP) is 5.23. The van der Waals surface area contributed by atoms with E-state index < -0.39 is 0 Å². The van der Waals surface area contributed by atoms with Gasteiger partial charge >= 0.3 is 0 Å². The number of amides is 2. The molecule has 1 aliphatic rings. The van der Waals surface area contributed by atoms with Gasteiger partial charge in [-0.05, 0) is 59.5 Å². The second-order valence-corrected chi connectivity index (χ2v) is 9.07. The molecule has 3 aromatic rings. The third kappa shape index (κ3) is 5.50. The number of thioether (sulfide) groups is 1. The summed E-state index contributed by atoms with van der Waals surface area (Å²) in [5.74, 6) is 0.0975. The Morgan fingerprint density at radius 2 is 1.66 bits per heavy atom. The molecule has 0 aromatic heterocycles. The Hall–Kier alpha value is -2.83. The Kier molecular flexibility index (Phi) is 7.12. The number of nitrogens with one attached hydrogen (secondary N) is 1. The first-order valence-corrected chi connectivity index (χ1v) is 11.7. The van der Waals surface area contributed by atoms with Crippen molar-refractivity contribution >= 4 is 35.2 Å². The zero-order chi connectivity index (χ0) is 22.5. The Morgan fingerprint density at radius 1 is 1.00 bits per heavy atom. The van der Waals surface area contributed by atoms with Gasteiger partial charge in [-0.25, -0.2) is 4.39 Å². The van der Waals surface area contributed by atoms with E-state index in [4.69, 9.17) is 11.6 Å². The van der Waals surface area contributed by atoms with Crippen molar-refractivity contribution in [3.63, 3.8) is 0 Å². The lowest BCUT2D eigenvalue weighted by atomic mass is 10.1. The molecule has 0 radical (unpaired) electrons. The van der Waals surface area contributed by atoms with E-state index in [1.165, 1.54) is 12.1 Å². The molecule has 1 saturated heterocycles. The lowest BCUT2D eigenvalue weighted by molar-refractivity contribution is -0.128. The van der Waals surface area contributed by atoms with Crippen LogP contribution in [0.5, 0.6) is 0 Å². The van der Waals surface area contributed by atoms with Crippen molar-refractivity contribution in [1.82, 2.24) is 10.2 Å². The topological polar surface area (TPSA) is 49.4 Å². The van der Waals surface area contributed by atoms with Gasteiger partial charge in [-0.15, -0.1) is 11.8 Å². The molecule has 7 heteroatoms. The van der Waals surface area contributed by atoms with Gasteiger partial charge in [0.25, 0.3) is 5.91 Å².